The first-order chi connectivity index (χ1) is 10.1. The number of carbonyl (C=O) groups is 2. The van der Waals surface area contributed by atoms with Crippen molar-refractivity contribution >= 4 is 23.2 Å². The van der Waals surface area contributed by atoms with E-state index in [2.05, 4.69) is 5.32 Å². The van der Waals surface area contributed by atoms with Gasteiger partial charge in [-0.25, -0.2) is 0 Å². The zero-order valence-electron chi connectivity index (χ0n) is 13.1. The van der Waals surface area contributed by atoms with Crippen LogP contribution in [0.2, 0.25) is 0 Å². The third-order valence-electron chi connectivity index (χ3n) is 4.20. The maximum Gasteiger partial charge on any atom is 0.227 e. The van der Waals surface area contributed by atoms with E-state index in [-0.39, 0.29) is 17.7 Å². The minimum Gasteiger partial charge on any atom is -0.326 e. The molecule has 0 radical (unpaired) electrons. The molecule has 1 fully saturated rings. The molecule has 1 aromatic carbocycles. The summed E-state index contributed by atoms with van der Waals surface area (Å²) in [6.45, 7) is 6.81. The van der Waals surface area contributed by atoms with Crippen molar-refractivity contribution in [2.24, 2.45) is 5.92 Å². The Hall–Kier alpha value is -1.84. The van der Waals surface area contributed by atoms with E-state index in [9.17, 15) is 9.59 Å². The van der Waals surface area contributed by atoms with E-state index in [4.69, 9.17) is 0 Å². The molecular weight excluding hydrogens is 264 g/mol. The van der Waals surface area contributed by atoms with Gasteiger partial charge in [0.2, 0.25) is 11.8 Å². The molecular formula is C17H24N2O2. The molecule has 114 valence electrons. The molecule has 0 aromatic heterocycles. The smallest absolute Gasteiger partial charge is 0.227 e. The number of benzene rings is 1. The van der Waals surface area contributed by atoms with Crippen LogP contribution in [0.25, 0.3) is 0 Å². The van der Waals surface area contributed by atoms with E-state index in [1.165, 1.54) is 0 Å². The maximum atomic E-state index is 12.2. The maximum absolute atomic E-state index is 12.2. The van der Waals surface area contributed by atoms with Gasteiger partial charge in [0.15, 0.2) is 0 Å². The normalized spacial score (nSPS) is 14.9. The van der Waals surface area contributed by atoms with Crippen LogP contribution < -0.4 is 10.2 Å². The van der Waals surface area contributed by atoms with Gasteiger partial charge in [-0.3, -0.25) is 9.59 Å². The molecule has 2 amide bonds. The molecule has 1 N–H and O–H groups in total. The van der Waals surface area contributed by atoms with Gasteiger partial charge in [-0.05, 0) is 43.9 Å². The van der Waals surface area contributed by atoms with Gasteiger partial charge in [0.05, 0.1) is 0 Å². The van der Waals surface area contributed by atoms with Crippen molar-refractivity contribution in [3.8, 4) is 0 Å². The van der Waals surface area contributed by atoms with Crippen molar-refractivity contribution in [3.05, 3.63) is 23.8 Å². The molecule has 0 atom stereocenters. The predicted octanol–water partition coefficient (Wildman–Crippen LogP) is 3.50. The second kappa shape index (κ2) is 6.74. The molecule has 0 saturated carbocycles. The van der Waals surface area contributed by atoms with E-state index < -0.39 is 0 Å². The quantitative estimate of drug-likeness (QED) is 0.901. The summed E-state index contributed by atoms with van der Waals surface area (Å²) in [7, 11) is 0. The summed E-state index contributed by atoms with van der Waals surface area (Å²) in [4.78, 5) is 25.9. The molecule has 4 heteroatoms. The first kappa shape index (κ1) is 15.5. The second-order valence-corrected chi connectivity index (χ2v) is 5.65. The minimum absolute atomic E-state index is 0.0446. The molecule has 21 heavy (non-hydrogen) atoms. The minimum atomic E-state index is 0.0446. The van der Waals surface area contributed by atoms with Crippen molar-refractivity contribution in [3.63, 3.8) is 0 Å². The summed E-state index contributed by atoms with van der Waals surface area (Å²) < 4.78 is 0. The lowest BCUT2D eigenvalue weighted by atomic mass is 10.0. The highest BCUT2D eigenvalue weighted by Crippen LogP contribution is 2.28. The largest absolute Gasteiger partial charge is 0.326 e. The van der Waals surface area contributed by atoms with E-state index in [0.717, 1.165) is 42.7 Å². The Morgan fingerprint density at radius 1 is 1.33 bits per heavy atom. The van der Waals surface area contributed by atoms with Gasteiger partial charge in [0, 0.05) is 30.3 Å². The van der Waals surface area contributed by atoms with Crippen molar-refractivity contribution in [2.75, 3.05) is 16.8 Å². The number of hydrogen-bond donors (Lipinski definition) is 1. The fraction of sp³-hybridized carbons (Fsp3) is 0.529. The van der Waals surface area contributed by atoms with Crippen LogP contribution in [-0.4, -0.2) is 18.4 Å². The molecule has 0 spiro atoms. The van der Waals surface area contributed by atoms with Crippen LogP contribution >= 0.6 is 0 Å². The Kier molecular flexibility index (Phi) is 4.99. The summed E-state index contributed by atoms with van der Waals surface area (Å²) in [6, 6.07) is 5.78. The van der Waals surface area contributed by atoms with E-state index in [1.807, 2.05) is 43.9 Å². The van der Waals surface area contributed by atoms with Gasteiger partial charge in [0.25, 0.3) is 0 Å². The zero-order valence-corrected chi connectivity index (χ0v) is 13.1. The van der Waals surface area contributed by atoms with Gasteiger partial charge >= 0.3 is 0 Å². The molecule has 0 aliphatic carbocycles. The molecule has 1 heterocycles. The molecule has 0 bridgehead atoms. The zero-order chi connectivity index (χ0) is 15.4. The average molecular weight is 288 g/mol. The fourth-order valence-electron chi connectivity index (χ4n) is 2.78. The Bertz CT molecular complexity index is 536. The average Bonchev–Trinajstić information content (AvgIpc) is 2.88. The van der Waals surface area contributed by atoms with Gasteiger partial charge in [0.1, 0.15) is 0 Å². The first-order valence-corrected chi connectivity index (χ1v) is 7.78. The summed E-state index contributed by atoms with van der Waals surface area (Å²) in [5.41, 5.74) is 2.75. The Morgan fingerprint density at radius 2 is 2.05 bits per heavy atom. The molecule has 4 nitrogen and oxygen atoms in total. The Balaban J connectivity index is 2.19. The van der Waals surface area contributed by atoms with Crippen LogP contribution in [0.1, 0.15) is 45.1 Å². The lowest BCUT2D eigenvalue weighted by Crippen LogP contribution is -2.25. The summed E-state index contributed by atoms with van der Waals surface area (Å²) in [5, 5.41) is 2.97. The highest BCUT2D eigenvalue weighted by molar-refractivity contribution is 5.98. The second-order valence-electron chi connectivity index (χ2n) is 5.65. The van der Waals surface area contributed by atoms with Crippen molar-refractivity contribution in [1.29, 1.82) is 0 Å². The fourth-order valence-corrected chi connectivity index (χ4v) is 2.78. The number of nitrogens with one attached hydrogen (secondary N) is 1. The first-order valence-electron chi connectivity index (χ1n) is 7.78. The van der Waals surface area contributed by atoms with E-state index in [1.54, 1.807) is 0 Å². The van der Waals surface area contributed by atoms with Crippen LogP contribution in [0.5, 0.6) is 0 Å². The topological polar surface area (TPSA) is 49.4 Å². The Morgan fingerprint density at radius 3 is 2.62 bits per heavy atom. The highest BCUT2D eigenvalue weighted by atomic mass is 16.2. The number of hydrogen-bond acceptors (Lipinski definition) is 2. The van der Waals surface area contributed by atoms with Crippen molar-refractivity contribution in [2.45, 2.75) is 46.5 Å². The van der Waals surface area contributed by atoms with Gasteiger partial charge in [-0.1, -0.05) is 19.9 Å². The number of anilines is 2. The molecule has 1 aliphatic heterocycles. The lowest BCUT2D eigenvalue weighted by Gasteiger charge is -2.20. The molecule has 2 rings (SSSR count). The number of nitrogens with zero attached hydrogens (tertiary/aromatic N) is 1. The van der Waals surface area contributed by atoms with E-state index >= 15 is 0 Å². The van der Waals surface area contributed by atoms with Gasteiger partial charge in [-0.2, -0.15) is 0 Å². The third-order valence-corrected chi connectivity index (χ3v) is 4.20. The van der Waals surface area contributed by atoms with Crippen molar-refractivity contribution in [1.82, 2.24) is 0 Å². The molecule has 1 saturated heterocycles. The van der Waals surface area contributed by atoms with Crippen LogP contribution in [0.4, 0.5) is 11.4 Å². The highest BCUT2D eigenvalue weighted by Gasteiger charge is 2.23. The van der Waals surface area contributed by atoms with Crippen LogP contribution in [-0.2, 0) is 9.59 Å². The summed E-state index contributed by atoms with van der Waals surface area (Å²) in [6.07, 6.45) is 3.20. The van der Waals surface area contributed by atoms with Gasteiger partial charge in [-0.15, -0.1) is 0 Å². The van der Waals surface area contributed by atoms with E-state index in [0.29, 0.717) is 6.42 Å². The van der Waals surface area contributed by atoms with Crippen LogP contribution in [0.15, 0.2) is 18.2 Å². The third kappa shape index (κ3) is 3.43. The van der Waals surface area contributed by atoms with Crippen molar-refractivity contribution < 1.29 is 9.59 Å². The number of rotatable bonds is 5. The lowest BCUT2D eigenvalue weighted by molar-refractivity contribution is -0.120. The Labute approximate surface area is 126 Å². The predicted molar refractivity (Wildman–Crippen MR) is 85.5 cm³/mol. The molecule has 1 aromatic rings. The molecule has 0 unspecified atom stereocenters. The number of amides is 2. The van der Waals surface area contributed by atoms with Crippen LogP contribution in [0, 0.1) is 12.8 Å². The standard InChI is InChI=1S/C17H24N2O2/c1-4-13(5-2)17(21)18-14-9-8-12(3)15(11-14)19-10-6-7-16(19)20/h8-9,11,13H,4-7,10H2,1-3H3,(H,18,21). The van der Waals surface area contributed by atoms with Crippen LogP contribution in [0.3, 0.4) is 0 Å². The summed E-state index contributed by atoms with van der Waals surface area (Å²) in [5.74, 6) is 0.271. The molecule has 1 aliphatic rings. The van der Waals surface area contributed by atoms with Gasteiger partial charge < -0.3 is 10.2 Å². The SMILES string of the molecule is CCC(CC)C(=O)Nc1ccc(C)c(N2CCCC2=O)c1. The monoisotopic (exact) mass is 288 g/mol. The number of aryl methyl sites for hydroxylation is 1. The number of carbonyl (C=O) groups excluding carboxylic acids is 2. The summed E-state index contributed by atoms with van der Waals surface area (Å²) >= 11 is 0.